The summed E-state index contributed by atoms with van der Waals surface area (Å²) in [5, 5.41) is 24.0. The van der Waals surface area contributed by atoms with E-state index in [0.29, 0.717) is 16.9 Å². The van der Waals surface area contributed by atoms with E-state index in [1.54, 1.807) is 30.3 Å². The number of phenols is 1. The molecule has 2 aromatic carbocycles. The van der Waals surface area contributed by atoms with E-state index in [2.05, 4.69) is 20.9 Å². The third-order valence-electron chi connectivity index (χ3n) is 6.00. The van der Waals surface area contributed by atoms with Crippen molar-refractivity contribution in [1.29, 1.82) is 0 Å². The number of rotatable bonds is 6. The van der Waals surface area contributed by atoms with Crippen LogP contribution in [-0.4, -0.2) is 32.0 Å². The second kappa shape index (κ2) is 9.41. The van der Waals surface area contributed by atoms with Gasteiger partial charge in [0.1, 0.15) is 11.6 Å². The van der Waals surface area contributed by atoms with Crippen LogP contribution in [0.5, 0.6) is 5.75 Å². The molecular formula is C25H22FN5O4. The van der Waals surface area contributed by atoms with E-state index in [1.165, 1.54) is 35.1 Å². The molecule has 1 aliphatic carbocycles. The highest BCUT2D eigenvalue weighted by molar-refractivity contribution is 6.02. The van der Waals surface area contributed by atoms with Gasteiger partial charge in [-0.15, -0.1) is 0 Å². The number of carbonyl (C=O) groups excluding carboxylic acids is 2. The lowest BCUT2D eigenvalue weighted by atomic mass is 9.82. The first-order chi connectivity index (χ1) is 17.0. The zero-order valence-corrected chi connectivity index (χ0v) is 18.6. The Bertz CT molecular complexity index is 1360. The van der Waals surface area contributed by atoms with Gasteiger partial charge in [-0.05, 0) is 54.8 Å². The molecule has 0 bridgehead atoms. The van der Waals surface area contributed by atoms with Crippen molar-refractivity contribution in [2.75, 3.05) is 5.32 Å². The maximum atomic E-state index is 13.2. The lowest BCUT2D eigenvalue weighted by molar-refractivity contribution is 0.0988. The monoisotopic (exact) mass is 475 g/mol. The summed E-state index contributed by atoms with van der Waals surface area (Å²) in [7, 11) is 0. The molecule has 0 radical (unpaired) electrons. The molecule has 3 N–H and O–H groups in total. The van der Waals surface area contributed by atoms with Gasteiger partial charge in [0, 0.05) is 29.8 Å². The first kappa shape index (κ1) is 22.3. The molecule has 9 nitrogen and oxygen atoms in total. The average molecular weight is 475 g/mol. The summed E-state index contributed by atoms with van der Waals surface area (Å²) in [6.45, 7) is 0.215. The number of amides is 2. The van der Waals surface area contributed by atoms with Crippen LogP contribution in [0.25, 0.3) is 11.3 Å². The number of phenolic OH excluding ortho intramolecular Hbond substituents is 1. The number of carbonyl (C=O) groups is 2. The molecule has 35 heavy (non-hydrogen) atoms. The van der Waals surface area contributed by atoms with Crippen molar-refractivity contribution in [3.05, 3.63) is 83.6 Å². The van der Waals surface area contributed by atoms with Crippen molar-refractivity contribution < 1.29 is 23.6 Å². The fraction of sp³-hybridized carbons (Fsp3) is 0.200. The van der Waals surface area contributed by atoms with Crippen molar-refractivity contribution in [3.63, 3.8) is 0 Å². The number of aromatic nitrogens is 3. The predicted octanol–water partition coefficient (Wildman–Crippen LogP) is 4.66. The number of halogens is 1. The van der Waals surface area contributed by atoms with Crippen LogP contribution in [0.1, 0.15) is 47.0 Å². The average Bonchev–Trinajstić information content (AvgIpc) is 3.50. The summed E-state index contributed by atoms with van der Waals surface area (Å²) in [5.74, 6) is -0.638. The van der Waals surface area contributed by atoms with Gasteiger partial charge in [0.15, 0.2) is 0 Å². The molecule has 0 atom stereocenters. The van der Waals surface area contributed by atoms with Crippen LogP contribution in [0.15, 0.2) is 65.3 Å². The molecule has 10 heteroatoms. The molecular weight excluding hydrogens is 453 g/mol. The molecule has 1 saturated carbocycles. The minimum Gasteiger partial charge on any atom is -0.507 e. The van der Waals surface area contributed by atoms with Crippen molar-refractivity contribution in [2.24, 2.45) is 0 Å². The molecule has 5 rings (SSSR count). The van der Waals surface area contributed by atoms with Gasteiger partial charge in [-0.2, -0.15) is 9.78 Å². The number of nitrogens with zero attached hydrogens (tertiary/aromatic N) is 3. The van der Waals surface area contributed by atoms with Crippen molar-refractivity contribution >= 4 is 17.6 Å². The summed E-state index contributed by atoms with van der Waals surface area (Å²) >= 11 is 0. The SMILES string of the molecule is O=C(Nc1ccc(O)c(-c2cc(C3CCC3)n(C(=O)NCc3ccc(F)cc3)n2)c1)c1ccno1. The van der Waals surface area contributed by atoms with Crippen LogP contribution < -0.4 is 10.6 Å². The molecule has 0 aliphatic heterocycles. The zero-order valence-electron chi connectivity index (χ0n) is 18.6. The van der Waals surface area contributed by atoms with E-state index < -0.39 is 11.9 Å². The number of hydrogen-bond donors (Lipinski definition) is 3. The van der Waals surface area contributed by atoms with Crippen molar-refractivity contribution in [3.8, 4) is 17.0 Å². The topological polar surface area (TPSA) is 122 Å². The van der Waals surface area contributed by atoms with Gasteiger partial charge >= 0.3 is 6.03 Å². The van der Waals surface area contributed by atoms with Crippen molar-refractivity contribution in [2.45, 2.75) is 31.7 Å². The van der Waals surface area contributed by atoms with E-state index in [4.69, 9.17) is 4.52 Å². The minimum absolute atomic E-state index is 0.0424. The minimum atomic E-state index is -0.486. The summed E-state index contributed by atoms with van der Waals surface area (Å²) in [6.07, 6.45) is 4.31. The Hall–Kier alpha value is -4.47. The van der Waals surface area contributed by atoms with Crippen LogP contribution in [-0.2, 0) is 6.54 Å². The molecule has 178 valence electrons. The quantitative estimate of drug-likeness (QED) is 0.349. The van der Waals surface area contributed by atoms with Gasteiger partial charge in [0.25, 0.3) is 5.91 Å². The third-order valence-corrected chi connectivity index (χ3v) is 6.00. The standard InChI is InChI=1S/C25H22FN5O4/c26-17-6-4-15(5-7-17)14-27-25(34)31-21(16-2-1-3-16)13-20(30-31)19-12-18(8-9-22(19)32)29-24(33)23-10-11-28-35-23/h4-13,16,32H,1-3,14H2,(H,27,34)(H,29,33). The van der Waals surface area contributed by atoms with Gasteiger partial charge in [-0.3, -0.25) is 4.79 Å². The first-order valence-electron chi connectivity index (χ1n) is 11.2. The van der Waals surface area contributed by atoms with Gasteiger partial charge < -0.3 is 20.3 Å². The predicted molar refractivity (Wildman–Crippen MR) is 124 cm³/mol. The van der Waals surface area contributed by atoms with Gasteiger partial charge in [-0.1, -0.05) is 23.7 Å². The number of hydrogen-bond acceptors (Lipinski definition) is 6. The summed E-state index contributed by atoms with van der Waals surface area (Å²) in [6, 6.07) is 13.3. The summed E-state index contributed by atoms with van der Waals surface area (Å²) < 4.78 is 19.3. The number of aromatic hydroxyl groups is 1. The number of nitrogens with one attached hydrogen (secondary N) is 2. The summed E-state index contributed by atoms with van der Waals surface area (Å²) in [4.78, 5) is 25.3. The van der Waals surface area contributed by atoms with Crippen LogP contribution in [0.4, 0.5) is 14.9 Å². The van der Waals surface area contributed by atoms with E-state index >= 15 is 0 Å². The molecule has 0 unspecified atom stereocenters. The van der Waals surface area contributed by atoms with E-state index in [0.717, 1.165) is 30.5 Å². The molecule has 1 fully saturated rings. The zero-order chi connectivity index (χ0) is 24.4. The molecule has 2 aromatic heterocycles. The van der Waals surface area contributed by atoms with Gasteiger partial charge in [0.2, 0.25) is 5.76 Å². The number of anilines is 1. The smallest absolute Gasteiger partial charge is 0.342 e. The highest BCUT2D eigenvalue weighted by atomic mass is 19.1. The van der Waals surface area contributed by atoms with Crippen LogP contribution in [0.3, 0.4) is 0 Å². The largest absolute Gasteiger partial charge is 0.507 e. The highest BCUT2D eigenvalue weighted by Crippen LogP contribution is 2.39. The highest BCUT2D eigenvalue weighted by Gasteiger charge is 2.27. The second-order valence-electron chi connectivity index (χ2n) is 8.34. The molecule has 1 aliphatic rings. The Morgan fingerprint density at radius 2 is 1.91 bits per heavy atom. The van der Waals surface area contributed by atoms with Crippen LogP contribution >= 0.6 is 0 Å². The normalized spacial score (nSPS) is 13.3. The molecule has 2 heterocycles. The second-order valence-corrected chi connectivity index (χ2v) is 8.34. The Morgan fingerprint density at radius 1 is 1.11 bits per heavy atom. The van der Waals surface area contributed by atoms with Crippen LogP contribution in [0, 0.1) is 5.82 Å². The van der Waals surface area contributed by atoms with Gasteiger partial charge in [-0.25, -0.2) is 9.18 Å². The first-order valence-corrected chi connectivity index (χ1v) is 11.2. The molecule has 2 amide bonds. The Balaban J connectivity index is 1.40. The molecule has 4 aromatic rings. The summed E-state index contributed by atoms with van der Waals surface area (Å²) in [5.41, 5.74) is 2.69. The molecule has 0 spiro atoms. The van der Waals surface area contributed by atoms with Gasteiger partial charge in [0.05, 0.1) is 17.6 Å². The lowest BCUT2D eigenvalue weighted by Gasteiger charge is -2.25. The van der Waals surface area contributed by atoms with E-state index in [1.807, 2.05) is 0 Å². The lowest BCUT2D eigenvalue weighted by Crippen LogP contribution is -2.31. The fourth-order valence-electron chi connectivity index (χ4n) is 3.88. The maximum absolute atomic E-state index is 13.2. The maximum Gasteiger partial charge on any atom is 0.342 e. The van der Waals surface area contributed by atoms with E-state index in [-0.39, 0.29) is 29.8 Å². The van der Waals surface area contributed by atoms with E-state index in [9.17, 15) is 19.1 Å². The Kier molecular flexibility index (Phi) is 6.01. The van der Waals surface area contributed by atoms with Crippen LogP contribution in [0.2, 0.25) is 0 Å². The van der Waals surface area contributed by atoms with Crippen molar-refractivity contribution in [1.82, 2.24) is 20.3 Å². The third kappa shape index (κ3) is 4.77. The molecule has 0 saturated heterocycles. The Labute approximate surface area is 199 Å². The fourth-order valence-corrected chi connectivity index (χ4v) is 3.88. The Morgan fingerprint density at radius 3 is 2.60 bits per heavy atom. The number of benzene rings is 2.